The monoisotopic (exact) mass is 404 g/mol. The topological polar surface area (TPSA) is 24.9 Å². The van der Waals surface area contributed by atoms with Crippen molar-refractivity contribution in [3.8, 4) is 0 Å². The summed E-state index contributed by atoms with van der Waals surface area (Å²) in [7, 11) is 0. The molecule has 1 fully saturated rings. The molecule has 0 unspecified atom stereocenters. The Morgan fingerprint density at radius 3 is 1.55 bits per heavy atom. The van der Waals surface area contributed by atoms with Gasteiger partial charge in [0.25, 0.3) is 0 Å². The minimum absolute atomic E-state index is 0.133. The fourth-order valence-electron chi connectivity index (χ4n) is 5.20. The molecule has 0 saturated carbocycles. The molecule has 0 aromatic rings. The molecule has 1 saturated heterocycles. The molecule has 4 heteroatoms. The highest BCUT2D eigenvalue weighted by atomic mass is 16.8. The predicted octanol–water partition coefficient (Wildman–Crippen LogP) is 5.84. The molecule has 29 heavy (non-hydrogen) atoms. The fourth-order valence-corrected chi connectivity index (χ4v) is 5.20. The Morgan fingerprint density at radius 1 is 0.828 bits per heavy atom. The van der Waals surface area contributed by atoms with E-state index in [2.05, 4.69) is 63.5 Å². The van der Waals surface area contributed by atoms with Crippen LogP contribution in [0.2, 0.25) is 0 Å². The van der Waals surface area contributed by atoms with Gasteiger partial charge < -0.3 is 19.3 Å². The van der Waals surface area contributed by atoms with Gasteiger partial charge in [-0.2, -0.15) is 0 Å². The average Bonchev–Trinajstić information content (AvgIpc) is 3.32. The molecular formula is C25H44N2O2. The van der Waals surface area contributed by atoms with E-state index in [4.69, 9.17) is 9.47 Å². The van der Waals surface area contributed by atoms with Gasteiger partial charge in [-0.05, 0) is 53.4 Å². The van der Waals surface area contributed by atoms with Crippen LogP contribution in [0, 0.1) is 0 Å². The number of nitrogens with zero attached hydrogens (tertiary/aromatic N) is 2. The minimum atomic E-state index is -0.386. The second-order valence-corrected chi connectivity index (χ2v) is 9.60. The molecule has 3 aliphatic rings. The Labute approximate surface area is 179 Å². The van der Waals surface area contributed by atoms with Gasteiger partial charge in [-0.15, -0.1) is 0 Å². The van der Waals surface area contributed by atoms with E-state index >= 15 is 0 Å². The Bertz CT molecular complexity index is 548. The molecule has 0 amide bonds. The van der Waals surface area contributed by atoms with Gasteiger partial charge in [0.15, 0.2) is 5.79 Å². The van der Waals surface area contributed by atoms with Crippen LogP contribution in [-0.2, 0) is 9.47 Å². The molecule has 0 radical (unpaired) electrons. The maximum Gasteiger partial charge on any atom is 0.169 e. The number of hydrogen-bond acceptors (Lipinski definition) is 4. The lowest BCUT2D eigenvalue weighted by atomic mass is 10.0. The SMILES string of the molecule is CCCCC1(CCCC)O[C@@H](CN2C(C)=CC[C@H]2C)[C@H](CN2C(C)=CC[C@H]2C)O1. The van der Waals surface area contributed by atoms with Crippen LogP contribution in [0.15, 0.2) is 23.5 Å². The van der Waals surface area contributed by atoms with Crippen molar-refractivity contribution < 1.29 is 9.47 Å². The first-order valence-electron chi connectivity index (χ1n) is 12.1. The Morgan fingerprint density at radius 2 is 1.24 bits per heavy atom. The second-order valence-electron chi connectivity index (χ2n) is 9.60. The normalized spacial score (nSPS) is 31.5. The molecule has 0 N–H and O–H groups in total. The van der Waals surface area contributed by atoms with Crippen molar-refractivity contribution in [3.63, 3.8) is 0 Å². The zero-order valence-electron chi connectivity index (χ0n) is 19.7. The van der Waals surface area contributed by atoms with E-state index < -0.39 is 0 Å². The molecule has 166 valence electrons. The maximum atomic E-state index is 6.87. The Balaban J connectivity index is 1.78. The highest BCUT2D eigenvalue weighted by Gasteiger charge is 2.48. The van der Waals surface area contributed by atoms with Crippen molar-refractivity contribution in [3.05, 3.63) is 23.5 Å². The van der Waals surface area contributed by atoms with E-state index in [1.807, 2.05) is 0 Å². The van der Waals surface area contributed by atoms with E-state index in [1.54, 1.807) is 0 Å². The summed E-state index contributed by atoms with van der Waals surface area (Å²) in [6.07, 6.45) is 14.0. The van der Waals surface area contributed by atoms with Crippen LogP contribution in [0.1, 0.15) is 92.9 Å². The molecule has 0 spiro atoms. The lowest BCUT2D eigenvalue weighted by molar-refractivity contribution is -0.188. The molecule has 3 heterocycles. The Hall–Kier alpha value is -1.00. The molecule has 0 aromatic carbocycles. The molecule has 3 aliphatic heterocycles. The first-order valence-corrected chi connectivity index (χ1v) is 12.1. The molecule has 0 aromatic heterocycles. The zero-order valence-corrected chi connectivity index (χ0v) is 19.7. The maximum absolute atomic E-state index is 6.87. The van der Waals surface area contributed by atoms with Crippen LogP contribution in [0.4, 0.5) is 0 Å². The van der Waals surface area contributed by atoms with Crippen molar-refractivity contribution in [2.45, 2.75) is 123 Å². The van der Waals surface area contributed by atoms with Crippen LogP contribution in [-0.4, -0.2) is 53.0 Å². The molecule has 4 atom stereocenters. The van der Waals surface area contributed by atoms with Gasteiger partial charge in [-0.1, -0.05) is 38.8 Å². The third kappa shape index (κ3) is 5.19. The third-order valence-electron chi connectivity index (χ3n) is 7.20. The zero-order chi connectivity index (χ0) is 21.0. The van der Waals surface area contributed by atoms with Gasteiger partial charge >= 0.3 is 0 Å². The van der Waals surface area contributed by atoms with Crippen LogP contribution in [0.5, 0.6) is 0 Å². The van der Waals surface area contributed by atoms with Gasteiger partial charge in [0.2, 0.25) is 0 Å². The number of hydrogen-bond donors (Lipinski definition) is 0. The highest BCUT2D eigenvalue weighted by Crippen LogP contribution is 2.40. The summed E-state index contributed by atoms with van der Waals surface area (Å²) in [5.41, 5.74) is 2.79. The first-order chi connectivity index (χ1) is 13.9. The lowest BCUT2D eigenvalue weighted by Gasteiger charge is -2.33. The number of unbranched alkanes of at least 4 members (excludes halogenated alkanes) is 2. The predicted molar refractivity (Wildman–Crippen MR) is 121 cm³/mol. The fraction of sp³-hybridized carbons (Fsp3) is 0.840. The van der Waals surface area contributed by atoms with Gasteiger partial charge in [0.05, 0.1) is 0 Å². The minimum Gasteiger partial charge on any atom is -0.370 e. The number of allylic oxidation sites excluding steroid dienone is 2. The molecule has 0 bridgehead atoms. The first kappa shape index (κ1) is 22.7. The summed E-state index contributed by atoms with van der Waals surface area (Å²) in [4.78, 5) is 5.07. The molecule has 0 aliphatic carbocycles. The van der Waals surface area contributed by atoms with E-state index in [0.717, 1.165) is 38.8 Å². The quantitative estimate of drug-likeness (QED) is 0.456. The highest BCUT2D eigenvalue weighted by molar-refractivity contribution is 5.11. The van der Waals surface area contributed by atoms with Gasteiger partial charge in [0, 0.05) is 49.4 Å². The van der Waals surface area contributed by atoms with Crippen molar-refractivity contribution in [1.29, 1.82) is 0 Å². The van der Waals surface area contributed by atoms with Crippen molar-refractivity contribution >= 4 is 0 Å². The van der Waals surface area contributed by atoms with Gasteiger partial charge in [0.1, 0.15) is 12.2 Å². The summed E-state index contributed by atoms with van der Waals surface area (Å²) in [5, 5.41) is 0. The smallest absolute Gasteiger partial charge is 0.169 e. The Kier molecular flexibility index (Phi) is 7.72. The van der Waals surface area contributed by atoms with E-state index in [-0.39, 0.29) is 18.0 Å². The molecular weight excluding hydrogens is 360 g/mol. The van der Waals surface area contributed by atoms with E-state index in [1.165, 1.54) is 37.1 Å². The summed E-state index contributed by atoms with van der Waals surface area (Å²) >= 11 is 0. The van der Waals surface area contributed by atoms with Crippen molar-refractivity contribution in [2.24, 2.45) is 0 Å². The molecule has 4 nitrogen and oxygen atoms in total. The summed E-state index contributed by atoms with van der Waals surface area (Å²) in [6, 6.07) is 1.13. The van der Waals surface area contributed by atoms with E-state index in [0.29, 0.717) is 12.1 Å². The lowest BCUT2D eigenvalue weighted by Crippen LogP contribution is -2.44. The van der Waals surface area contributed by atoms with Crippen molar-refractivity contribution in [1.82, 2.24) is 9.80 Å². The third-order valence-corrected chi connectivity index (χ3v) is 7.20. The van der Waals surface area contributed by atoms with Crippen LogP contribution in [0.25, 0.3) is 0 Å². The van der Waals surface area contributed by atoms with Crippen LogP contribution >= 0.6 is 0 Å². The largest absolute Gasteiger partial charge is 0.370 e. The van der Waals surface area contributed by atoms with Gasteiger partial charge in [-0.25, -0.2) is 0 Å². The van der Waals surface area contributed by atoms with Crippen LogP contribution < -0.4 is 0 Å². The average molecular weight is 405 g/mol. The van der Waals surface area contributed by atoms with Crippen molar-refractivity contribution in [2.75, 3.05) is 13.1 Å². The standard InChI is InChI=1S/C25H44N2O2/c1-7-9-15-25(16-10-8-2)28-23(17-26-19(3)11-12-20(26)4)24(29-25)18-27-21(5)13-14-22(27)6/h11,13,20,22-24H,7-10,12,14-18H2,1-6H3/t20-,22-,23+,24+/m1/s1. The summed E-state index contributed by atoms with van der Waals surface area (Å²) in [6.45, 7) is 15.5. The van der Waals surface area contributed by atoms with E-state index in [9.17, 15) is 0 Å². The number of ether oxygens (including phenoxy) is 2. The van der Waals surface area contributed by atoms with Gasteiger partial charge in [-0.3, -0.25) is 0 Å². The number of rotatable bonds is 10. The second kappa shape index (κ2) is 9.87. The summed E-state index contributed by atoms with van der Waals surface area (Å²) < 4.78 is 13.7. The van der Waals surface area contributed by atoms with Crippen LogP contribution in [0.3, 0.4) is 0 Å². The molecule has 3 rings (SSSR count). The summed E-state index contributed by atoms with van der Waals surface area (Å²) in [5.74, 6) is -0.386.